The molecule has 2 aliphatic rings. The van der Waals surface area contributed by atoms with Crippen LogP contribution in [0.2, 0.25) is 0 Å². The van der Waals surface area contributed by atoms with Crippen LogP contribution in [0.1, 0.15) is 41.7 Å². The molecular formula is C17H19N3O3. The van der Waals surface area contributed by atoms with E-state index in [9.17, 15) is 4.79 Å². The quantitative estimate of drug-likeness (QED) is 0.869. The minimum absolute atomic E-state index is 0.0577. The average Bonchev–Trinajstić information content (AvgIpc) is 3.26. The minimum Gasteiger partial charge on any atom is -0.493 e. The lowest BCUT2D eigenvalue weighted by Crippen LogP contribution is -2.32. The number of hydrogen-bond donors (Lipinski definition) is 0. The van der Waals surface area contributed by atoms with E-state index in [1.165, 1.54) is 5.56 Å². The Morgan fingerprint density at radius 3 is 3.17 bits per heavy atom. The van der Waals surface area contributed by atoms with Crippen LogP contribution in [-0.2, 0) is 17.6 Å². The maximum atomic E-state index is 12.7. The van der Waals surface area contributed by atoms with Crippen LogP contribution >= 0.6 is 0 Å². The van der Waals surface area contributed by atoms with Gasteiger partial charge in [-0.1, -0.05) is 17.3 Å². The van der Waals surface area contributed by atoms with Gasteiger partial charge in [0.15, 0.2) is 5.82 Å². The maximum Gasteiger partial charge on any atom is 0.227 e. The van der Waals surface area contributed by atoms with Crippen molar-refractivity contribution in [1.82, 2.24) is 15.0 Å². The number of fused-ring (bicyclic) bond motifs is 1. The molecule has 4 rings (SSSR count). The summed E-state index contributed by atoms with van der Waals surface area (Å²) in [5.41, 5.74) is 2.23. The molecule has 3 heterocycles. The molecule has 0 unspecified atom stereocenters. The zero-order valence-electron chi connectivity index (χ0n) is 13.1. The first-order valence-corrected chi connectivity index (χ1v) is 8.05. The van der Waals surface area contributed by atoms with Crippen LogP contribution in [0.4, 0.5) is 0 Å². The van der Waals surface area contributed by atoms with E-state index in [0.717, 1.165) is 43.7 Å². The second-order valence-corrected chi connectivity index (χ2v) is 6.13. The third kappa shape index (κ3) is 2.69. The summed E-state index contributed by atoms with van der Waals surface area (Å²) in [5.74, 6) is 2.23. The molecule has 23 heavy (non-hydrogen) atoms. The fourth-order valence-corrected chi connectivity index (χ4v) is 3.41. The van der Waals surface area contributed by atoms with Crippen LogP contribution in [-0.4, -0.2) is 34.1 Å². The van der Waals surface area contributed by atoms with E-state index in [0.29, 0.717) is 18.1 Å². The van der Waals surface area contributed by atoms with Gasteiger partial charge < -0.3 is 14.2 Å². The normalized spacial score (nSPS) is 19.7. The predicted octanol–water partition coefficient (Wildman–Crippen LogP) is 2.22. The number of benzene rings is 1. The van der Waals surface area contributed by atoms with Gasteiger partial charge in [0.2, 0.25) is 11.8 Å². The number of likely N-dealkylation sites (tertiary alicyclic amines) is 1. The molecule has 1 aromatic carbocycles. The molecule has 0 spiro atoms. The molecule has 0 saturated carbocycles. The standard InChI is InChI=1S/C17H19N3O3/c1-11-18-17(19-23-11)14-3-2-7-20(14)16(21)10-12-4-5-15-13(9-12)6-8-22-15/h4-5,9,14H,2-3,6-8,10H2,1H3/t14-/m0/s1. The largest absolute Gasteiger partial charge is 0.493 e. The van der Waals surface area contributed by atoms with Crippen LogP contribution in [0, 0.1) is 6.92 Å². The molecule has 1 atom stereocenters. The second kappa shape index (κ2) is 5.68. The summed E-state index contributed by atoms with van der Waals surface area (Å²) in [6, 6.07) is 5.97. The fourth-order valence-electron chi connectivity index (χ4n) is 3.41. The monoisotopic (exact) mass is 313 g/mol. The number of ether oxygens (including phenoxy) is 1. The van der Waals surface area contributed by atoms with Crippen LogP contribution < -0.4 is 4.74 Å². The maximum absolute atomic E-state index is 12.7. The molecular weight excluding hydrogens is 294 g/mol. The van der Waals surface area contributed by atoms with Gasteiger partial charge in [-0.15, -0.1) is 0 Å². The van der Waals surface area contributed by atoms with Crippen molar-refractivity contribution in [2.75, 3.05) is 13.2 Å². The van der Waals surface area contributed by atoms with Gasteiger partial charge in [-0.2, -0.15) is 4.98 Å². The third-order valence-corrected chi connectivity index (χ3v) is 4.52. The lowest BCUT2D eigenvalue weighted by molar-refractivity contribution is -0.131. The van der Waals surface area contributed by atoms with Crippen molar-refractivity contribution in [3.05, 3.63) is 41.0 Å². The zero-order valence-corrected chi connectivity index (χ0v) is 13.1. The van der Waals surface area contributed by atoms with Gasteiger partial charge in [-0.25, -0.2) is 0 Å². The predicted molar refractivity (Wildman–Crippen MR) is 82.1 cm³/mol. The van der Waals surface area contributed by atoms with Gasteiger partial charge in [0.1, 0.15) is 5.75 Å². The molecule has 0 aliphatic carbocycles. The Morgan fingerprint density at radius 1 is 1.43 bits per heavy atom. The van der Waals surface area contributed by atoms with Crippen LogP contribution in [0.15, 0.2) is 22.7 Å². The molecule has 0 N–H and O–H groups in total. The Morgan fingerprint density at radius 2 is 2.35 bits per heavy atom. The number of aromatic nitrogens is 2. The highest BCUT2D eigenvalue weighted by molar-refractivity contribution is 5.79. The highest BCUT2D eigenvalue weighted by atomic mass is 16.5. The second-order valence-electron chi connectivity index (χ2n) is 6.13. The molecule has 1 saturated heterocycles. The Balaban J connectivity index is 1.50. The zero-order chi connectivity index (χ0) is 15.8. The van der Waals surface area contributed by atoms with Gasteiger partial charge in [0.05, 0.1) is 19.1 Å². The van der Waals surface area contributed by atoms with Crippen molar-refractivity contribution in [3.63, 3.8) is 0 Å². The molecule has 120 valence electrons. The molecule has 1 aromatic heterocycles. The molecule has 1 amide bonds. The number of carbonyl (C=O) groups excluding carboxylic acids is 1. The van der Waals surface area contributed by atoms with E-state index in [-0.39, 0.29) is 11.9 Å². The van der Waals surface area contributed by atoms with Crippen LogP contribution in [0.5, 0.6) is 5.75 Å². The van der Waals surface area contributed by atoms with Crippen molar-refractivity contribution >= 4 is 5.91 Å². The first-order chi connectivity index (χ1) is 11.2. The van der Waals surface area contributed by atoms with Gasteiger partial charge in [0, 0.05) is 19.9 Å². The van der Waals surface area contributed by atoms with Crippen molar-refractivity contribution in [2.24, 2.45) is 0 Å². The lowest BCUT2D eigenvalue weighted by atomic mass is 10.1. The number of rotatable bonds is 3. The first kappa shape index (κ1) is 14.2. The summed E-state index contributed by atoms with van der Waals surface area (Å²) in [4.78, 5) is 18.9. The smallest absolute Gasteiger partial charge is 0.227 e. The average molecular weight is 313 g/mol. The Bertz CT molecular complexity index is 740. The molecule has 0 bridgehead atoms. The summed E-state index contributed by atoms with van der Waals surface area (Å²) in [6.45, 7) is 3.26. The van der Waals surface area contributed by atoms with Crippen molar-refractivity contribution < 1.29 is 14.1 Å². The summed E-state index contributed by atoms with van der Waals surface area (Å²) in [6.07, 6.45) is 3.19. The third-order valence-electron chi connectivity index (χ3n) is 4.52. The number of aryl methyl sites for hydroxylation is 1. The topological polar surface area (TPSA) is 68.5 Å². The molecule has 6 nitrogen and oxygen atoms in total. The van der Waals surface area contributed by atoms with Crippen LogP contribution in [0.25, 0.3) is 0 Å². The van der Waals surface area contributed by atoms with E-state index in [2.05, 4.69) is 16.2 Å². The number of amides is 1. The van der Waals surface area contributed by atoms with Crippen molar-refractivity contribution in [2.45, 2.75) is 38.6 Å². The van der Waals surface area contributed by atoms with E-state index < -0.39 is 0 Å². The number of carbonyl (C=O) groups is 1. The van der Waals surface area contributed by atoms with E-state index >= 15 is 0 Å². The van der Waals surface area contributed by atoms with Crippen molar-refractivity contribution in [1.29, 1.82) is 0 Å². The van der Waals surface area contributed by atoms with E-state index in [4.69, 9.17) is 9.26 Å². The summed E-state index contributed by atoms with van der Waals surface area (Å²) < 4.78 is 10.6. The van der Waals surface area contributed by atoms with Crippen LogP contribution in [0.3, 0.4) is 0 Å². The highest BCUT2D eigenvalue weighted by Gasteiger charge is 2.33. The molecule has 2 aromatic rings. The number of nitrogens with zero attached hydrogens (tertiary/aromatic N) is 3. The van der Waals surface area contributed by atoms with E-state index in [1.54, 1.807) is 6.92 Å². The summed E-state index contributed by atoms with van der Waals surface area (Å²) in [7, 11) is 0. The Hall–Kier alpha value is -2.37. The molecule has 1 fully saturated rings. The lowest BCUT2D eigenvalue weighted by Gasteiger charge is -2.22. The minimum atomic E-state index is -0.0577. The van der Waals surface area contributed by atoms with Gasteiger partial charge in [-0.3, -0.25) is 4.79 Å². The van der Waals surface area contributed by atoms with Crippen molar-refractivity contribution in [3.8, 4) is 5.75 Å². The Kier molecular flexibility index (Phi) is 3.52. The Labute approximate surface area is 134 Å². The number of hydrogen-bond acceptors (Lipinski definition) is 5. The highest BCUT2D eigenvalue weighted by Crippen LogP contribution is 2.31. The summed E-state index contributed by atoms with van der Waals surface area (Å²) >= 11 is 0. The first-order valence-electron chi connectivity index (χ1n) is 8.05. The molecule has 0 radical (unpaired) electrons. The van der Waals surface area contributed by atoms with Gasteiger partial charge in [-0.05, 0) is 30.0 Å². The molecule has 2 aliphatic heterocycles. The van der Waals surface area contributed by atoms with Gasteiger partial charge in [0.25, 0.3) is 0 Å². The molecule has 6 heteroatoms. The fraction of sp³-hybridized carbons (Fsp3) is 0.471. The van der Waals surface area contributed by atoms with E-state index in [1.807, 2.05) is 17.0 Å². The SMILES string of the molecule is Cc1nc([C@@H]2CCCN2C(=O)Cc2ccc3c(c2)CCO3)no1. The van der Waals surface area contributed by atoms with Gasteiger partial charge >= 0.3 is 0 Å². The summed E-state index contributed by atoms with van der Waals surface area (Å²) in [5, 5.41) is 3.99.